The van der Waals surface area contributed by atoms with E-state index < -0.39 is 0 Å². The van der Waals surface area contributed by atoms with Gasteiger partial charge in [-0.05, 0) is 35.7 Å². The quantitative estimate of drug-likeness (QED) is 0.475. The van der Waals surface area contributed by atoms with Crippen molar-refractivity contribution in [1.29, 1.82) is 0 Å². The monoisotopic (exact) mass is 322 g/mol. The first-order valence-corrected chi connectivity index (χ1v) is 7.89. The molecular weight excluding hydrogens is 300 g/mol. The van der Waals surface area contributed by atoms with Crippen LogP contribution in [0, 0.1) is 5.92 Å². The summed E-state index contributed by atoms with van der Waals surface area (Å²) in [6.07, 6.45) is 1.67. The van der Waals surface area contributed by atoms with Crippen molar-refractivity contribution in [2.75, 3.05) is 6.61 Å². The molecule has 2 aromatic carbocycles. The lowest BCUT2D eigenvalue weighted by Gasteiger charge is -2.11. The minimum atomic E-state index is -0.251. The van der Waals surface area contributed by atoms with Gasteiger partial charge in [0, 0.05) is 5.56 Å². The van der Waals surface area contributed by atoms with Crippen LogP contribution < -0.4 is 10.2 Å². The Balaban J connectivity index is 2.08. The molecule has 4 nitrogen and oxygen atoms in total. The highest BCUT2D eigenvalue weighted by Gasteiger charge is 2.10. The maximum Gasteiger partial charge on any atom is 0.271 e. The van der Waals surface area contributed by atoms with Crippen LogP contribution in [0.25, 0.3) is 0 Å². The number of hydrogen-bond donors (Lipinski definition) is 1. The number of carbonyl (C=O) groups is 1. The van der Waals surface area contributed by atoms with Gasteiger partial charge in [0.15, 0.2) is 0 Å². The molecule has 0 bridgehead atoms. The fourth-order valence-electron chi connectivity index (χ4n) is 2.17. The van der Waals surface area contributed by atoms with Gasteiger partial charge >= 0.3 is 0 Å². The van der Waals surface area contributed by atoms with E-state index in [4.69, 9.17) is 4.74 Å². The van der Waals surface area contributed by atoms with Crippen molar-refractivity contribution in [2.45, 2.75) is 13.8 Å². The molecule has 2 rings (SSSR count). The van der Waals surface area contributed by atoms with Gasteiger partial charge in [-0.3, -0.25) is 4.79 Å². The first-order valence-electron chi connectivity index (χ1n) is 7.89. The third kappa shape index (κ3) is 4.81. The van der Waals surface area contributed by atoms with Gasteiger partial charge in [0.2, 0.25) is 0 Å². The summed E-state index contributed by atoms with van der Waals surface area (Å²) in [5.41, 5.74) is 5.01. The van der Waals surface area contributed by atoms with Crippen molar-refractivity contribution in [3.8, 4) is 5.75 Å². The van der Waals surface area contributed by atoms with Crippen molar-refractivity contribution in [3.63, 3.8) is 0 Å². The van der Waals surface area contributed by atoms with Crippen LogP contribution in [0.4, 0.5) is 0 Å². The van der Waals surface area contributed by atoms with Crippen LogP contribution in [0.5, 0.6) is 5.75 Å². The first-order chi connectivity index (χ1) is 11.6. The highest BCUT2D eigenvalue weighted by Crippen LogP contribution is 2.13. The third-order valence-corrected chi connectivity index (χ3v) is 3.38. The minimum Gasteiger partial charge on any atom is -0.490 e. The van der Waals surface area contributed by atoms with Gasteiger partial charge in [0.1, 0.15) is 12.4 Å². The lowest BCUT2D eigenvalue weighted by Crippen LogP contribution is -2.22. The standard InChI is InChI=1S/C20H22N2O2/c1-4-14-24-18-12-10-17(11-13-18)20(23)22-21-19(15(2)3)16-8-6-5-7-9-16/h4-13,15H,1,14H2,2-3H3,(H,22,23)/b21-19+. The molecule has 0 heterocycles. The van der Waals surface area contributed by atoms with Crippen LogP contribution in [-0.4, -0.2) is 18.2 Å². The van der Waals surface area contributed by atoms with Gasteiger partial charge in [0.25, 0.3) is 5.91 Å². The molecule has 1 N–H and O–H groups in total. The van der Waals surface area contributed by atoms with E-state index in [1.165, 1.54) is 0 Å². The van der Waals surface area contributed by atoms with E-state index >= 15 is 0 Å². The Hall–Kier alpha value is -2.88. The van der Waals surface area contributed by atoms with Crippen molar-refractivity contribution < 1.29 is 9.53 Å². The third-order valence-electron chi connectivity index (χ3n) is 3.38. The molecule has 0 saturated heterocycles. The molecule has 0 aliphatic heterocycles. The van der Waals surface area contributed by atoms with Gasteiger partial charge in [-0.25, -0.2) is 5.43 Å². The summed E-state index contributed by atoms with van der Waals surface area (Å²) in [6, 6.07) is 16.8. The Morgan fingerprint density at radius 2 is 1.79 bits per heavy atom. The van der Waals surface area contributed by atoms with Crippen molar-refractivity contribution in [2.24, 2.45) is 11.0 Å². The van der Waals surface area contributed by atoms with E-state index in [0.29, 0.717) is 17.9 Å². The molecule has 0 spiro atoms. The highest BCUT2D eigenvalue weighted by molar-refractivity contribution is 6.03. The van der Waals surface area contributed by atoms with Gasteiger partial charge in [-0.2, -0.15) is 5.10 Å². The molecule has 0 aliphatic carbocycles. The molecule has 0 fully saturated rings. The zero-order chi connectivity index (χ0) is 17.4. The summed E-state index contributed by atoms with van der Waals surface area (Å²) in [5, 5.41) is 4.31. The number of amides is 1. The molecule has 0 aromatic heterocycles. The Morgan fingerprint density at radius 1 is 1.12 bits per heavy atom. The lowest BCUT2D eigenvalue weighted by atomic mass is 10.0. The maximum absolute atomic E-state index is 12.3. The molecule has 0 saturated carbocycles. The molecular formula is C20H22N2O2. The number of rotatable bonds is 7. The fourth-order valence-corrected chi connectivity index (χ4v) is 2.17. The summed E-state index contributed by atoms with van der Waals surface area (Å²) >= 11 is 0. The SMILES string of the molecule is C=CCOc1ccc(C(=O)N/N=C(/c2ccccc2)C(C)C)cc1. The number of ether oxygens (including phenoxy) is 1. The van der Waals surface area contributed by atoms with Gasteiger partial charge in [0.05, 0.1) is 5.71 Å². The van der Waals surface area contributed by atoms with E-state index in [1.54, 1.807) is 30.3 Å². The van der Waals surface area contributed by atoms with Crippen molar-refractivity contribution in [3.05, 3.63) is 78.4 Å². The second kappa shape index (κ2) is 8.67. The van der Waals surface area contributed by atoms with Gasteiger partial charge < -0.3 is 4.74 Å². The molecule has 24 heavy (non-hydrogen) atoms. The highest BCUT2D eigenvalue weighted by atomic mass is 16.5. The molecule has 0 aliphatic rings. The van der Waals surface area contributed by atoms with E-state index in [0.717, 1.165) is 11.3 Å². The number of hydrazone groups is 1. The van der Waals surface area contributed by atoms with Crippen LogP contribution in [-0.2, 0) is 0 Å². The fraction of sp³-hybridized carbons (Fsp3) is 0.200. The Bertz CT molecular complexity index is 704. The predicted molar refractivity (Wildman–Crippen MR) is 97.4 cm³/mol. The molecule has 0 radical (unpaired) electrons. The van der Waals surface area contributed by atoms with Crippen molar-refractivity contribution in [1.82, 2.24) is 5.43 Å². The summed E-state index contributed by atoms with van der Waals surface area (Å²) in [6.45, 7) is 8.12. The Kier molecular flexibility index (Phi) is 6.32. The number of nitrogens with one attached hydrogen (secondary N) is 1. The van der Waals surface area contributed by atoms with E-state index in [-0.39, 0.29) is 11.8 Å². The largest absolute Gasteiger partial charge is 0.490 e. The van der Waals surface area contributed by atoms with E-state index in [9.17, 15) is 4.79 Å². The molecule has 124 valence electrons. The Labute approximate surface area is 142 Å². The summed E-state index contributed by atoms with van der Waals surface area (Å²) in [7, 11) is 0. The van der Waals surface area contributed by atoms with Crippen LogP contribution in [0.2, 0.25) is 0 Å². The lowest BCUT2D eigenvalue weighted by molar-refractivity contribution is 0.0954. The van der Waals surface area contributed by atoms with Crippen LogP contribution in [0.15, 0.2) is 72.4 Å². The number of carbonyl (C=O) groups excluding carboxylic acids is 1. The van der Waals surface area contributed by atoms with Crippen LogP contribution in [0.3, 0.4) is 0 Å². The summed E-state index contributed by atoms with van der Waals surface area (Å²) in [4.78, 5) is 12.3. The van der Waals surface area contributed by atoms with Gasteiger partial charge in [-0.1, -0.05) is 56.8 Å². The molecule has 4 heteroatoms. The minimum absolute atomic E-state index is 0.197. The normalized spacial score (nSPS) is 11.2. The molecule has 0 unspecified atom stereocenters. The first kappa shape index (κ1) is 17.5. The summed E-state index contributed by atoms with van der Waals surface area (Å²) in [5.74, 6) is 0.642. The average Bonchev–Trinajstić information content (AvgIpc) is 2.61. The number of nitrogens with zero attached hydrogens (tertiary/aromatic N) is 1. The maximum atomic E-state index is 12.3. The predicted octanol–water partition coefficient (Wildman–Crippen LogP) is 4.04. The zero-order valence-corrected chi connectivity index (χ0v) is 14.0. The smallest absolute Gasteiger partial charge is 0.271 e. The molecule has 2 aromatic rings. The molecule has 0 atom stereocenters. The van der Waals surface area contributed by atoms with E-state index in [1.807, 2.05) is 44.2 Å². The number of hydrogen-bond acceptors (Lipinski definition) is 3. The average molecular weight is 322 g/mol. The Morgan fingerprint density at radius 3 is 2.38 bits per heavy atom. The second-order valence-corrected chi connectivity index (χ2v) is 5.58. The summed E-state index contributed by atoms with van der Waals surface area (Å²) < 4.78 is 5.40. The second-order valence-electron chi connectivity index (χ2n) is 5.58. The molecule has 1 amide bonds. The van der Waals surface area contributed by atoms with E-state index in [2.05, 4.69) is 17.1 Å². The van der Waals surface area contributed by atoms with Crippen LogP contribution in [0.1, 0.15) is 29.8 Å². The van der Waals surface area contributed by atoms with Gasteiger partial charge in [-0.15, -0.1) is 0 Å². The number of benzene rings is 2. The zero-order valence-electron chi connectivity index (χ0n) is 14.0. The van der Waals surface area contributed by atoms with Crippen LogP contribution >= 0.6 is 0 Å². The topological polar surface area (TPSA) is 50.7 Å². The van der Waals surface area contributed by atoms with Crippen molar-refractivity contribution >= 4 is 11.6 Å².